The molecule has 0 aliphatic rings. The molecule has 0 fully saturated rings. The normalized spacial score (nSPS) is 10.6. The molecule has 1 N–H and O–H groups in total. The van der Waals surface area contributed by atoms with Crippen LogP contribution in [0.1, 0.15) is 23.5 Å². The predicted octanol–water partition coefficient (Wildman–Crippen LogP) is 2.15. The Labute approximate surface area is 94.5 Å². The van der Waals surface area contributed by atoms with Gasteiger partial charge in [0.2, 0.25) is 0 Å². The van der Waals surface area contributed by atoms with Gasteiger partial charge in [0, 0.05) is 13.2 Å². The molecule has 0 saturated heterocycles. The molecular weight excluding hydrogens is 210 g/mol. The van der Waals surface area contributed by atoms with Crippen molar-refractivity contribution >= 4 is 17.2 Å². The van der Waals surface area contributed by atoms with Crippen molar-refractivity contribution in [2.75, 3.05) is 19.8 Å². The van der Waals surface area contributed by atoms with Crippen LogP contribution in [0.5, 0.6) is 0 Å². The average molecular weight is 227 g/mol. The number of carbonyl (C=O) groups excluding carboxylic acids is 1. The summed E-state index contributed by atoms with van der Waals surface area (Å²) >= 11 is 1.45. The third-order valence-electron chi connectivity index (χ3n) is 1.73. The molecular formula is C11H17NO2S. The highest BCUT2D eigenvalue weighted by atomic mass is 32.1. The van der Waals surface area contributed by atoms with E-state index in [1.54, 1.807) is 0 Å². The van der Waals surface area contributed by atoms with Crippen LogP contribution in [0.2, 0.25) is 0 Å². The minimum atomic E-state index is -0.0156. The van der Waals surface area contributed by atoms with E-state index in [9.17, 15) is 4.79 Å². The van der Waals surface area contributed by atoms with E-state index in [0.717, 1.165) is 11.5 Å². The van der Waals surface area contributed by atoms with Gasteiger partial charge >= 0.3 is 0 Å². The Hall–Kier alpha value is -0.870. The van der Waals surface area contributed by atoms with Crippen molar-refractivity contribution in [1.82, 2.24) is 5.32 Å². The predicted molar refractivity (Wildman–Crippen MR) is 62.3 cm³/mol. The Morgan fingerprint density at radius 2 is 2.40 bits per heavy atom. The Morgan fingerprint density at radius 3 is 3.00 bits per heavy atom. The number of rotatable bonds is 6. The number of nitrogens with one attached hydrogen (secondary N) is 1. The van der Waals surface area contributed by atoms with E-state index >= 15 is 0 Å². The highest BCUT2D eigenvalue weighted by molar-refractivity contribution is 7.12. The van der Waals surface area contributed by atoms with Gasteiger partial charge in [0.1, 0.15) is 0 Å². The minimum Gasteiger partial charge on any atom is -0.379 e. The van der Waals surface area contributed by atoms with Gasteiger partial charge in [-0.2, -0.15) is 0 Å². The summed E-state index contributed by atoms with van der Waals surface area (Å²) in [7, 11) is 0. The van der Waals surface area contributed by atoms with E-state index in [1.165, 1.54) is 11.3 Å². The highest BCUT2D eigenvalue weighted by Crippen LogP contribution is 2.07. The molecule has 1 aromatic rings. The quantitative estimate of drug-likeness (QED) is 0.756. The number of amides is 1. The van der Waals surface area contributed by atoms with E-state index in [2.05, 4.69) is 19.2 Å². The average Bonchev–Trinajstić information content (AvgIpc) is 2.69. The Bertz CT molecular complexity index is 283. The molecule has 0 spiro atoms. The van der Waals surface area contributed by atoms with E-state index < -0.39 is 0 Å². The topological polar surface area (TPSA) is 38.3 Å². The van der Waals surface area contributed by atoms with Crippen molar-refractivity contribution in [2.24, 2.45) is 5.92 Å². The molecule has 0 saturated carbocycles. The van der Waals surface area contributed by atoms with Crippen LogP contribution in [0.4, 0.5) is 0 Å². The zero-order valence-electron chi connectivity index (χ0n) is 9.16. The number of ether oxygens (including phenoxy) is 1. The molecule has 1 rings (SSSR count). The van der Waals surface area contributed by atoms with Crippen LogP contribution in [-0.4, -0.2) is 25.7 Å². The van der Waals surface area contributed by atoms with Gasteiger partial charge in [-0.1, -0.05) is 19.9 Å². The molecule has 3 nitrogen and oxygen atoms in total. The van der Waals surface area contributed by atoms with Crippen LogP contribution in [0.25, 0.3) is 0 Å². The zero-order valence-corrected chi connectivity index (χ0v) is 9.97. The number of carbonyl (C=O) groups is 1. The molecule has 0 aromatic carbocycles. The molecule has 1 aromatic heterocycles. The molecule has 1 amide bonds. The summed E-state index contributed by atoms with van der Waals surface area (Å²) in [6.07, 6.45) is 0. The number of thiophene rings is 1. The summed E-state index contributed by atoms with van der Waals surface area (Å²) in [5, 5.41) is 4.70. The van der Waals surface area contributed by atoms with Crippen LogP contribution in [-0.2, 0) is 4.74 Å². The molecule has 4 heteroatoms. The SMILES string of the molecule is CC(C)COCCNC(=O)c1cccs1. The smallest absolute Gasteiger partial charge is 0.261 e. The van der Waals surface area contributed by atoms with Gasteiger partial charge in [0.15, 0.2) is 0 Å². The second-order valence-corrected chi connectivity index (χ2v) is 4.65. The fraction of sp³-hybridized carbons (Fsp3) is 0.545. The van der Waals surface area contributed by atoms with Crippen molar-refractivity contribution in [3.8, 4) is 0 Å². The second-order valence-electron chi connectivity index (χ2n) is 3.70. The van der Waals surface area contributed by atoms with Crippen LogP contribution in [0.15, 0.2) is 17.5 Å². The lowest BCUT2D eigenvalue weighted by molar-refractivity contribution is 0.0889. The van der Waals surface area contributed by atoms with Crippen molar-refractivity contribution < 1.29 is 9.53 Å². The van der Waals surface area contributed by atoms with Gasteiger partial charge in [0.25, 0.3) is 5.91 Å². The molecule has 0 aliphatic heterocycles. The number of hydrogen-bond acceptors (Lipinski definition) is 3. The zero-order chi connectivity index (χ0) is 11.1. The maximum atomic E-state index is 11.4. The minimum absolute atomic E-state index is 0.0156. The Kier molecular flexibility index (Phi) is 5.36. The molecule has 0 aliphatic carbocycles. The lowest BCUT2D eigenvalue weighted by Crippen LogP contribution is -2.26. The first-order valence-electron chi connectivity index (χ1n) is 5.09. The van der Waals surface area contributed by atoms with Crippen molar-refractivity contribution in [1.29, 1.82) is 0 Å². The van der Waals surface area contributed by atoms with Crippen molar-refractivity contribution in [2.45, 2.75) is 13.8 Å². The van der Waals surface area contributed by atoms with Crippen LogP contribution >= 0.6 is 11.3 Å². The van der Waals surface area contributed by atoms with Crippen LogP contribution in [0, 0.1) is 5.92 Å². The van der Waals surface area contributed by atoms with Crippen LogP contribution < -0.4 is 5.32 Å². The molecule has 0 unspecified atom stereocenters. The summed E-state index contributed by atoms with van der Waals surface area (Å²) in [6, 6.07) is 3.68. The summed E-state index contributed by atoms with van der Waals surface area (Å²) in [5.74, 6) is 0.524. The van der Waals surface area contributed by atoms with E-state index in [1.807, 2.05) is 17.5 Å². The lowest BCUT2D eigenvalue weighted by atomic mass is 10.2. The molecule has 15 heavy (non-hydrogen) atoms. The molecule has 0 atom stereocenters. The fourth-order valence-electron chi connectivity index (χ4n) is 1.05. The Balaban J connectivity index is 2.08. The first kappa shape index (κ1) is 12.2. The summed E-state index contributed by atoms with van der Waals surface area (Å²) in [6.45, 7) is 6.10. The molecule has 84 valence electrons. The first-order valence-corrected chi connectivity index (χ1v) is 5.97. The fourth-order valence-corrected chi connectivity index (χ4v) is 1.69. The lowest BCUT2D eigenvalue weighted by Gasteiger charge is -2.07. The van der Waals surface area contributed by atoms with Gasteiger partial charge < -0.3 is 10.1 Å². The molecule has 0 radical (unpaired) electrons. The van der Waals surface area contributed by atoms with Gasteiger partial charge in [0.05, 0.1) is 11.5 Å². The van der Waals surface area contributed by atoms with Gasteiger partial charge in [-0.25, -0.2) is 0 Å². The Morgan fingerprint density at radius 1 is 1.60 bits per heavy atom. The van der Waals surface area contributed by atoms with Gasteiger partial charge in [-0.3, -0.25) is 4.79 Å². The third-order valence-corrected chi connectivity index (χ3v) is 2.60. The second kappa shape index (κ2) is 6.58. The van der Waals surface area contributed by atoms with Crippen molar-refractivity contribution in [3.05, 3.63) is 22.4 Å². The molecule has 0 bridgehead atoms. The highest BCUT2D eigenvalue weighted by Gasteiger charge is 2.04. The van der Waals surface area contributed by atoms with E-state index in [0.29, 0.717) is 19.1 Å². The monoisotopic (exact) mass is 227 g/mol. The summed E-state index contributed by atoms with van der Waals surface area (Å²) in [5.41, 5.74) is 0. The molecule has 1 heterocycles. The van der Waals surface area contributed by atoms with Crippen LogP contribution in [0.3, 0.4) is 0 Å². The van der Waals surface area contributed by atoms with E-state index in [-0.39, 0.29) is 5.91 Å². The third kappa shape index (κ3) is 4.95. The van der Waals surface area contributed by atoms with Crippen molar-refractivity contribution in [3.63, 3.8) is 0 Å². The summed E-state index contributed by atoms with van der Waals surface area (Å²) in [4.78, 5) is 12.2. The van der Waals surface area contributed by atoms with Gasteiger partial charge in [-0.05, 0) is 17.4 Å². The van der Waals surface area contributed by atoms with E-state index in [4.69, 9.17) is 4.74 Å². The maximum Gasteiger partial charge on any atom is 0.261 e. The van der Waals surface area contributed by atoms with Gasteiger partial charge in [-0.15, -0.1) is 11.3 Å². The first-order chi connectivity index (χ1) is 7.20. The maximum absolute atomic E-state index is 11.4. The number of hydrogen-bond donors (Lipinski definition) is 1. The largest absolute Gasteiger partial charge is 0.379 e. The summed E-state index contributed by atoms with van der Waals surface area (Å²) < 4.78 is 5.35. The standard InChI is InChI=1S/C11H17NO2S/c1-9(2)8-14-6-5-12-11(13)10-4-3-7-15-10/h3-4,7,9H,5-6,8H2,1-2H3,(H,12,13).